The maximum absolute atomic E-state index is 6.26. The third-order valence-electron chi connectivity index (χ3n) is 3.00. The van der Waals surface area contributed by atoms with Crippen LogP contribution < -0.4 is 0 Å². The van der Waals surface area contributed by atoms with E-state index in [0.29, 0.717) is 0 Å². The minimum atomic E-state index is -1.61. The first kappa shape index (κ1) is 15.0. The van der Waals surface area contributed by atoms with Crippen LogP contribution in [0.15, 0.2) is 47.8 Å². The molecule has 0 saturated carbocycles. The smallest absolute Gasteiger partial charge is 0.242 e. The Hall–Kier alpha value is -1.02. The molecule has 0 aromatic heterocycles. The Balaban J connectivity index is 3.24. The van der Waals surface area contributed by atoms with E-state index in [2.05, 4.69) is 59.1 Å². The first-order chi connectivity index (χ1) is 8.17. The van der Waals surface area contributed by atoms with Gasteiger partial charge in [-0.15, -0.1) is 0 Å². The van der Waals surface area contributed by atoms with Crippen molar-refractivity contribution in [2.75, 3.05) is 0 Å². The van der Waals surface area contributed by atoms with E-state index in [1.54, 1.807) is 0 Å². The summed E-state index contributed by atoms with van der Waals surface area (Å²) in [5, 5.41) is 0. The molecule has 0 heterocycles. The van der Waals surface area contributed by atoms with Gasteiger partial charge in [-0.2, -0.15) is 0 Å². The van der Waals surface area contributed by atoms with Crippen LogP contribution in [-0.2, 0) is 4.43 Å². The number of allylic oxidation sites excluding steroid dienone is 6. The molecule has 0 N–H and O–H groups in total. The van der Waals surface area contributed by atoms with Gasteiger partial charge in [0.05, 0.1) is 0 Å². The Morgan fingerprint density at radius 1 is 1.39 bits per heavy atom. The SMILES string of the molecule is C=CC=C(O[Si](C)(C)C)C1=C(C)C=CCC1(C)C. The van der Waals surface area contributed by atoms with Crippen LogP contribution in [0.2, 0.25) is 19.6 Å². The standard InChI is InChI=1S/C16H26OSi/c1-8-10-14(17-18(5,6)7)15-13(2)11-9-12-16(15,3)4/h8-11H,1,12H2,2-7H3. The van der Waals surface area contributed by atoms with E-state index in [1.807, 2.05) is 12.2 Å². The molecular weight excluding hydrogens is 236 g/mol. The van der Waals surface area contributed by atoms with E-state index in [1.165, 1.54) is 11.1 Å². The summed E-state index contributed by atoms with van der Waals surface area (Å²) in [7, 11) is -1.61. The van der Waals surface area contributed by atoms with Crippen LogP contribution in [0.1, 0.15) is 27.2 Å². The van der Waals surface area contributed by atoms with E-state index >= 15 is 0 Å². The highest BCUT2D eigenvalue weighted by atomic mass is 28.4. The fraction of sp³-hybridized carbons (Fsp3) is 0.500. The summed E-state index contributed by atoms with van der Waals surface area (Å²) in [5.41, 5.74) is 2.76. The summed E-state index contributed by atoms with van der Waals surface area (Å²) in [6.07, 6.45) is 9.34. The van der Waals surface area contributed by atoms with Crippen LogP contribution in [0.4, 0.5) is 0 Å². The molecule has 0 aliphatic heterocycles. The van der Waals surface area contributed by atoms with Gasteiger partial charge >= 0.3 is 0 Å². The van der Waals surface area contributed by atoms with Gasteiger partial charge in [-0.05, 0) is 50.0 Å². The Morgan fingerprint density at radius 3 is 2.44 bits per heavy atom. The van der Waals surface area contributed by atoms with Crippen LogP contribution in [0.25, 0.3) is 0 Å². The van der Waals surface area contributed by atoms with Crippen LogP contribution in [0.5, 0.6) is 0 Å². The third kappa shape index (κ3) is 3.74. The Kier molecular flexibility index (Phi) is 4.44. The highest BCUT2D eigenvalue weighted by Crippen LogP contribution is 2.42. The van der Waals surface area contributed by atoms with Gasteiger partial charge in [0.2, 0.25) is 8.32 Å². The first-order valence-electron chi connectivity index (χ1n) is 6.57. The van der Waals surface area contributed by atoms with Crippen LogP contribution in [-0.4, -0.2) is 8.32 Å². The van der Waals surface area contributed by atoms with Gasteiger partial charge < -0.3 is 4.43 Å². The minimum Gasteiger partial charge on any atom is -0.544 e. The summed E-state index contributed by atoms with van der Waals surface area (Å²) < 4.78 is 6.26. The molecule has 0 atom stereocenters. The topological polar surface area (TPSA) is 9.23 Å². The van der Waals surface area contributed by atoms with Crippen molar-refractivity contribution < 1.29 is 4.43 Å². The third-order valence-corrected chi connectivity index (χ3v) is 3.83. The molecule has 1 aliphatic carbocycles. The Bertz CT molecular complexity index is 417. The lowest BCUT2D eigenvalue weighted by Crippen LogP contribution is -2.29. The second-order valence-electron chi connectivity index (χ2n) is 6.53. The maximum atomic E-state index is 6.26. The largest absolute Gasteiger partial charge is 0.544 e. The second kappa shape index (κ2) is 5.31. The molecule has 0 aromatic carbocycles. The highest BCUT2D eigenvalue weighted by Gasteiger charge is 2.31. The highest BCUT2D eigenvalue weighted by molar-refractivity contribution is 6.70. The minimum absolute atomic E-state index is 0.132. The molecule has 0 aromatic rings. The van der Waals surface area contributed by atoms with E-state index in [-0.39, 0.29) is 5.41 Å². The van der Waals surface area contributed by atoms with Crippen LogP contribution in [0, 0.1) is 5.41 Å². The van der Waals surface area contributed by atoms with Gasteiger partial charge in [0.1, 0.15) is 5.76 Å². The van der Waals surface area contributed by atoms with Gasteiger partial charge in [0, 0.05) is 5.57 Å². The van der Waals surface area contributed by atoms with Gasteiger partial charge in [0.15, 0.2) is 0 Å². The van der Waals surface area contributed by atoms with Crippen molar-refractivity contribution in [2.45, 2.75) is 46.8 Å². The number of rotatable bonds is 4. The number of hydrogen-bond acceptors (Lipinski definition) is 1. The maximum Gasteiger partial charge on any atom is 0.242 e. The monoisotopic (exact) mass is 262 g/mol. The second-order valence-corrected chi connectivity index (χ2v) is 11.0. The van der Waals surface area contributed by atoms with Gasteiger partial charge in [-0.25, -0.2) is 0 Å². The van der Waals surface area contributed by atoms with Crippen molar-refractivity contribution in [1.29, 1.82) is 0 Å². The molecule has 0 unspecified atom stereocenters. The molecule has 1 nitrogen and oxygen atoms in total. The summed E-state index contributed by atoms with van der Waals surface area (Å²) in [6.45, 7) is 17.2. The normalized spacial score (nSPS) is 20.0. The van der Waals surface area contributed by atoms with Gasteiger partial charge in [-0.3, -0.25) is 0 Å². The fourth-order valence-electron chi connectivity index (χ4n) is 2.38. The molecule has 1 rings (SSSR count). The molecule has 0 fully saturated rings. The van der Waals surface area contributed by atoms with E-state index in [4.69, 9.17) is 4.43 Å². The molecule has 0 radical (unpaired) electrons. The molecule has 2 heteroatoms. The van der Waals surface area contributed by atoms with Crippen molar-refractivity contribution in [3.63, 3.8) is 0 Å². The molecule has 18 heavy (non-hydrogen) atoms. The zero-order valence-corrected chi connectivity index (χ0v) is 13.6. The fourth-order valence-corrected chi connectivity index (χ4v) is 3.21. The average molecular weight is 262 g/mol. The van der Waals surface area contributed by atoms with Crippen LogP contribution in [0.3, 0.4) is 0 Å². The Labute approximate surface area is 113 Å². The lowest BCUT2D eigenvalue weighted by Gasteiger charge is -2.35. The molecule has 0 amide bonds. The van der Waals surface area contributed by atoms with E-state index < -0.39 is 8.32 Å². The first-order valence-corrected chi connectivity index (χ1v) is 9.98. The molecule has 1 aliphatic rings. The zero-order valence-electron chi connectivity index (χ0n) is 12.6. The summed E-state index contributed by atoms with van der Waals surface area (Å²) >= 11 is 0. The lowest BCUT2D eigenvalue weighted by molar-refractivity contribution is 0.367. The summed E-state index contributed by atoms with van der Waals surface area (Å²) in [5.74, 6) is 1.01. The van der Waals surface area contributed by atoms with Crippen molar-refractivity contribution >= 4 is 8.32 Å². The Morgan fingerprint density at radius 2 is 2.00 bits per heavy atom. The number of hydrogen-bond donors (Lipinski definition) is 0. The molecule has 0 saturated heterocycles. The summed E-state index contributed by atoms with van der Waals surface area (Å²) in [6, 6.07) is 0. The van der Waals surface area contributed by atoms with Gasteiger partial charge in [0.25, 0.3) is 0 Å². The van der Waals surface area contributed by atoms with E-state index in [9.17, 15) is 0 Å². The van der Waals surface area contributed by atoms with Crippen molar-refractivity contribution in [1.82, 2.24) is 0 Å². The van der Waals surface area contributed by atoms with Crippen LogP contribution >= 0.6 is 0 Å². The van der Waals surface area contributed by atoms with Crippen molar-refractivity contribution in [2.24, 2.45) is 5.41 Å². The van der Waals surface area contributed by atoms with Gasteiger partial charge in [-0.1, -0.05) is 38.7 Å². The lowest BCUT2D eigenvalue weighted by atomic mass is 9.75. The predicted molar refractivity (Wildman–Crippen MR) is 82.9 cm³/mol. The van der Waals surface area contributed by atoms with Crippen molar-refractivity contribution in [3.8, 4) is 0 Å². The zero-order chi connectivity index (χ0) is 14.0. The van der Waals surface area contributed by atoms with E-state index in [0.717, 1.165) is 12.2 Å². The molecule has 100 valence electrons. The quantitative estimate of drug-likeness (QED) is 0.384. The average Bonchev–Trinajstić information content (AvgIpc) is 2.13. The summed E-state index contributed by atoms with van der Waals surface area (Å²) in [4.78, 5) is 0. The molecule has 0 bridgehead atoms. The molecular formula is C16H26OSi. The predicted octanol–water partition coefficient (Wildman–Crippen LogP) is 5.21. The molecule has 0 spiro atoms. The van der Waals surface area contributed by atoms with Crippen molar-refractivity contribution in [3.05, 3.63) is 47.8 Å².